The lowest BCUT2D eigenvalue weighted by atomic mass is 9.75. The fourth-order valence-corrected chi connectivity index (χ4v) is 2.59. The highest BCUT2D eigenvalue weighted by atomic mass is 16.5. The van der Waals surface area contributed by atoms with Crippen molar-refractivity contribution >= 4 is 12.4 Å². The summed E-state index contributed by atoms with van der Waals surface area (Å²) in [6.45, 7) is 6.54. The minimum absolute atomic E-state index is 0.109. The third kappa shape index (κ3) is 3.88. The SMILES string of the molecule is C=C1CC(C)C(OC=O)C(CCC(=O)OC)C1. The largest absolute Gasteiger partial charge is 0.469 e. The predicted molar refractivity (Wildman–Crippen MR) is 63.2 cm³/mol. The Hall–Kier alpha value is -1.32. The standard InChI is InChI=1S/C13H20O4/c1-9-6-10(2)13(17-8-14)11(7-9)4-5-12(15)16-3/h8,10-11,13H,1,4-7H2,2-3H3. The summed E-state index contributed by atoms with van der Waals surface area (Å²) in [4.78, 5) is 21.6. The van der Waals surface area contributed by atoms with Crippen molar-refractivity contribution in [1.29, 1.82) is 0 Å². The molecule has 0 bridgehead atoms. The van der Waals surface area contributed by atoms with Gasteiger partial charge in [-0.25, -0.2) is 0 Å². The minimum atomic E-state index is -0.223. The maximum Gasteiger partial charge on any atom is 0.305 e. The average molecular weight is 240 g/mol. The van der Waals surface area contributed by atoms with Gasteiger partial charge in [-0.2, -0.15) is 0 Å². The summed E-state index contributed by atoms with van der Waals surface area (Å²) < 4.78 is 9.77. The zero-order valence-corrected chi connectivity index (χ0v) is 10.5. The second kappa shape index (κ2) is 6.42. The van der Waals surface area contributed by atoms with E-state index >= 15 is 0 Å². The van der Waals surface area contributed by atoms with Crippen LogP contribution in [0.1, 0.15) is 32.6 Å². The average Bonchev–Trinajstić information content (AvgIpc) is 2.29. The predicted octanol–water partition coefficient (Wildman–Crippen LogP) is 2.08. The number of hydrogen-bond acceptors (Lipinski definition) is 4. The normalized spacial score (nSPS) is 28.6. The Morgan fingerprint density at radius 1 is 1.53 bits per heavy atom. The van der Waals surface area contributed by atoms with Gasteiger partial charge in [0.1, 0.15) is 6.10 Å². The molecule has 0 N–H and O–H groups in total. The second-order valence-electron chi connectivity index (χ2n) is 4.71. The van der Waals surface area contributed by atoms with Gasteiger partial charge in [-0.05, 0) is 25.2 Å². The van der Waals surface area contributed by atoms with Gasteiger partial charge in [0.2, 0.25) is 0 Å². The lowest BCUT2D eigenvalue weighted by molar-refractivity contribution is -0.143. The highest BCUT2D eigenvalue weighted by Crippen LogP contribution is 2.36. The van der Waals surface area contributed by atoms with Gasteiger partial charge in [0.25, 0.3) is 6.47 Å². The quantitative estimate of drug-likeness (QED) is 0.419. The van der Waals surface area contributed by atoms with E-state index in [1.807, 2.05) is 6.92 Å². The molecular weight excluding hydrogens is 220 g/mol. The van der Waals surface area contributed by atoms with Crippen molar-refractivity contribution in [3.63, 3.8) is 0 Å². The van der Waals surface area contributed by atoms with Gasteiger partial charge in [-0.1, -0.05) is 19.1 Å². The second-order valence-corrected chi connectivity index (χ2v) is 4.71. The Kier molecular flexibility index (Phi) is 5.19. The molecule has 0 saturated heterocycles. The molecule has 1 fully saturated rings. The van der Waals surface area contributed by atoms with Crippen LogP contribution < -0.4 is 0 Å². The molecule has 0 radical (unpaired) electrons. The third-order valence-corrected chi connectivity index (χ3v) is 3.35. The first-order chi connectivity index (χ1) is 8.08. The van der Waals surface area contributed by atoms with Crippen LogP contribution in [-0.2, 0) is 19.1 Å². The number of carbonyl (C=O) groups is 2. The van der Waals surface area contributed by atoms with Crippen LogP contribution in [0.15, 0.2) is 12.2 Å². The van der Waals surface area contributed by atoms with E-state index < -0.39 is 0 Å². The molecule has 96 valence electrons. The summed E-state index contributed by atoms with van der Waals surface area (Å²) in [6, 6.07) is 0. The molecule has 0 aromatic heterocycles. The topological polar surface area (TPSA) is 52.6 Å². The van der Waals surface area contributed by atoms with Gasteiger partial charge in [0, 0.05) is 12.3 Å². The number of esters is 1. The Morgan fingerprint density at radius 2 is 2.24 bits per heavy atom. The van der Waals surface area contributed by atoms with Gasteiger partial charge < -0.3 is 9.47 Å². The van der Waals surface area contributed by atoms with Gasteiger partial charge in [0.05, 0.1) is 7.11 Å². The molecule has 4 heteroatoms. The smallest absolute Gasteiger partial charge is 0.305 e. The molecule has 0 heterocycles. The molecule has 0 aromatic carbocycles. The molecule has 17 heavy (non-hydrogen) atoms. The summed E-state index contributed by atoms with van der Waals surface area (Å²) in [7, 11) is 1.38. The number of methoxy groups -OCH3 is 1. The number of hydrogen-bond donors (Lipinski definition) is 0. The van der Waals surface area contributed by atoms with Gasteiger partial charge in [-0.15, -0.1) is 0 Å². The summed E-state index contributed by atoms with van der Waals surface area (Å²) in [5, 5.41) is 0. The molecule has 0 amide bonds. The molecule has 1 saturated carbocycles. The molecule has 1 aliphatic carbocycles. The first-order valence-corrected chi connectivity index (χ1v) is 5.91. The number of rotatable bonds is 5. The Labute approximate surface area is 102 Å². The molecule has 3 unspecified atom stereocenters. The van der Waals surface area contributed by atoms with Crippen LogP contribution in [0.2, 0.25) is 0 Å². The maximum absolute atomic E-state index is 11.1. The van der Waals surface area contributed by atoms with Crippen molar-refractivity contribution in [3.8, 4) is 0 Å². The Bertz CT molecular complexity index is 298. The van der Waals surface area contributed by atoms with Crippen molar-refractivity contribution in [1.82, 2.24) is 0 Å². The summed E-state index contributed by atoms with van der Waals surface area (Å²) in [6.07, 6.45) is 2.63. The lowest BCUT2D eigenvalue weighted by Gasteiger charge is -2.36. The summed E-state index contributed by atoms with van der Waals surface area (Å²) in [5.74, 6) is 0.221. The van der Waals surface area contributed by atoms with Crippen LogP contribution in [0.3, 0.4) is 0 Å². The fourth-order valence-electron chi connectivity index (χ4n) is 2.59. The van der Waals surface area contributed by atoms with Crippen LogP contribution in [0.25, 0.3) is 0 Å². The summed E-state index contributed by atoms with van der Waals surface area (Å²) >= 11 is 0. The summed E-state index contributed by atoms with van der Waals surface area (Å²) in [5.41, 5.74) is 1.16. The number of ether oxygens (including phenoxy) is 2. The molecular formula is C13H20O4. The molecule has 1 aliphatic rings. The number of carbonyl (C=O) groups excluding carboxylic acids is 2. The molecule has 0 aliphatic heterocycles. The molecule has 3 atom stereocenters. The maximum atomic E-state index is 11.1. The molecule has 4 nitrogen and oxygen atoms in total. The van der Waals surface area contributed by atoms with Crippen LogP contribution in [0.4, 0.5) is 0 Å². The van der Waals surface area contributed by atoms with Crippen molar-refractivity contribution in [2.24, 2.45) is 11.8 Å². The Balaban J connectivity index is 2.59. The molecule has 0 aromatic rings. The van der Waals surface area contributed by atoms with E-state index in [4.69, 9.17) is 4.74 Å². The third-order valence-electron chi connectivity index (χ3n) is 3.35. The fraction of sp³-hybridized carbons (Fsp3) is 0.692. The zero-order valence-electron chi connectivity index (χ0n) is 10.5. The van der Waals surface area contributed by atoms with Crippen LogP contribution >= 0.6 is 0 Å². The van der Waals surface area contributed by atoms with Crippen molar-refractivity contribution in [2.75, 3.05) is 7.11 Å². The lowest BCUT2D eigenvalue weighted by Crippen LogP contribution is -2.35. The van der Waals surface area contributed by atoms with Crippen LogP contribution in [0.5, 0.6) is 0 Å². The van der Waals surface area contributed by atoms with Crippen LogP contribution in [-0.4, -0.2) is 25.7 Å². The highest BCUT2D eigenvalue weighted by molar-refractivity contribution is 5.69. The van der Waals surface area contributed by atoms with Gasteiger partial charge in [0.15, 0.2) is 0 Å². The molecule has 1 rings (SSSR count). The van der Waals surface area contributed by atoms with Crippen molar-refractivity contribution in [2.45, 2.75) is 38.7 Å². The van der Waals surface area contributed by atoms with E-state index in [-0.39, 0.29) is 23.9 Å². The van der Waals surface area contributed by atoms with Crippen molar-refractivity contribution in [3.05, 3.63) is 12.2 Å². The highest BCUT2D eigenvalue weighted by Gasteiger charge is 2.33. The minimum Gasteiger partial charge on any atom is -0.469 e. The zero-order chi connectivity index (χ0) is 12.8. The van der Waals surface area contributed by atoms with E-state index in [1.165, 1.54) is 7.11 Å². The first kappa shape index (κ1) is 13.7. The monoisotopic (exact) mass is 240 g/mol. The van der Waals surface area contributed by atoms with E-state index in [0.29, 0.717) is 19.3 Å². The number of allylic oxidation sites excluding steroid dienone is 1. The van der Waals surface area contributed by atoms with Gasteiger partial charge in [-0.3, -0.25) is 9.59 Å². The van der Waals surface area contributed by atoms with E-state index in [1.54, 1.807) is 0 Å². The van der Waals surface area contributed by atoms with Crippen molar-refractivity contribution < 1.29 is 19.1 Å². The van der Waals surface area contributed by atoms with E-state index in [9.17, 15) is 9.59 Å². The molecule has 0 spiro atoms. The van der Waals surface area contributed by atoms with Crippen LogP contribution in [0, 0.1) is 11.8 Å². The van der Waals surface area contributed by atoms with Gasteiger partial charge >= 0.3 is 5.97 Å². The first-order valence-electron chi connectivity index (χ1n) is 5.91. The van der Waals surface area contributed by atoms with E-state index in [0.717, 1.165) is 18.4 Å². The Morgan fingerprint density at radius 3 is 2.82 bits per heavy atom. The van der Waals surface area contributed by atoms with E-state index in [2.05, 4.69) is 11.3 Å².